The van der Waals surface area contributed by atoms with Gasteiger partial charge in [0, 0.05) is 30.3 Å². The maximum Gasteiger partial charge on any atom is 0.390 e. The fourth-order valence-corrected chi connectivity index (χ4v) is 3.64. The van der Waals surface area contributed by atoms with Crippen molar-refractivity contribution in [1.29, 1.82) is 0 Å². The van der Waals surface area contributed by atoms with Gasteiger partial charge in [-0.2, -0.15) is 26.6 Å². The summed E-state index contributed by atoms with van der Waals surface area (Å²) in [5.74, 6) is -4.68. The van der Waals surface area contributed by atoms with Gasteiger partial charge in [0.1, 0.15) is 6.54 Å². The van der Waals surface area contributed by atoms with Crippen LogP contribution in [0.2, 0.25) is 10.0 Å². The summed E-state index contributed by atoms with van der Waals surface area (Å²) in [5.41, 5.74) is -0.571. The Balaban J connectivity index is 1.78. The lowest BCUT2D eigenvalue weighted by Crippen LogP contribution is -2.27. The molecule has 3 aromatic heterocycles. The minimum atomic E-state index is -4.53. The molecule has 0 radical (unpaired) electrons. The lowest BCUT2D eigenvalue weighted by molar-refractivity contribution is -0.136. The van der Waals surface area contributed by atoms with Gasteiger partial charge >= 0.3 is 17.8 Å². The summed E-state index contributed by atoms with van der Waals surface area (Å²) in [6.07, 6.45) is -4.48. The van der Waals surface area contributed by atoms with Gasteiger partial charge in [-0.15, -0.1) is 10.2 Å². The van der Waals surface area contributed by atoms with Crippen LogP contribution in [0.4, 0.5) is 22.0 Å². The Morgan fingerprint density at radius 2 is 1.69 bits per heavy atom. The number of benzene rings is 1. The Bertz CT molecular complexity index is 1440. The first-order valence-electron chi connectivity index (χ1n) is 10.3. The zero-order valence-electron chi connectivity index (χ0n) is 18.3. The molecule has 0 aliphatic rings. The molecule has 0 N–H and O–H groups in total. The summed E-state index contributed by atoms with van der Waals surface area (Å²) in [6.45, 7) is -0.603. The van der Waals surface area contributed by atoms with Crippen LogP contribution >= 0.6 is 23.2 Å². The molecule has 0 aliphatic heterocycles. The van der Waals surface area contributed by atoms with E-state index in [9.17, 15) is 26.7 Å². The van der Waals surface area contributed by atoms with E-state index < -0.39 is 43.1 Å². The minimum Gasteiger partial charge on any atom is -0.275 e. The highest BCUT2D eigenvalue weighted by molar-refractivity contribution is 6.32. The molecule has 0 bridgehead atoms. The summed E-state index contributed by atoms with van der Waals surface area (Å²) in [6, 6.07) is 8.88. The standard InChI is InChI=1S/C21H16Cl2F5N7O/c1-20(24,25)18-30-15(31-35(18)17-14(23)3-2-9-29-17)11-34-19(36)33(10-8-21(26,27)28)16(32-34)12-4-6-13(22)7-5-12/h2-7,9H,8,10-11H2,1H3. The Labute approximate surface area is 209 Å². The van der Waals surface area contributed by atoms with Crippen LogP contribution in [0.15, 0.2) is 47.4 Å². The number of aromatic nitrogens is 7. The number of alkyl halides is 5. The Morgan fingerprint density at radius 1 is 1.00 bits per heavy atom. The van der Waals surface area contributed by atoms with E-state index in [1.54, 1.807) is 0 Å². The smallest absolute Gasteiger partial charge is 0.275 e. The van der Waals surface area contributed by atoms with Gasteiger partial charge in [-0.05, 0) is 36.4 Å². The summed E-state index contributed by atoms with van der Waals surface area (Å²) in [7, 11) is 0. The van der Waals surface area contributed by atoms with E-state index >= 15 is 0 Å². The van der Waals surface area contributed by atoms with Crippen molar-refractivity contribution in [2.75, 3.05) is 0 Å². The van der Waals surface area contributed by atoms with Gasteiger partial charge in [0.2, 0.25) is 5.82 Å². The third kappa shape index (κ3) is 5.57. The largest absolute Gasteiger partial charge is 0.390 e. The Hall–Kier alpha value is -3.32. The zero-order chi connectivity index (χ0) is 26.3. The summed E-state index contributed by atoms with van der Waals surface area (Å²) < 4.78 is 69.7. The fourth-order valence-electron chi connectivity index (χ4n) is 3.32. The monoisotopic (exact) mass is 547 g/mol. The molecule has 0 atom stereocenters. The van der Waals surface area contributed by atoms with Crippen molar-refractivity contribution in [3.63, 3.8) is 0 Å². The van der Waals surface area contributed by atoms with Gasteiger partial charge in [0.05, 0.1) is 11.4 Å². The van der Waals surface area contributed by atoms with Crippen LogP contribution in [-0.2, 0) is 19.0 Å². The molecule has 4 aromatic rings. The van der Waals surface area contributed by atoms with E-state index in [0.29, 0.717) is 17.5 Å². The number of rotatable bonds is 7. The highest BCUT2D eigenvalue weighted by Gasteiger charge is 2.34. The molecule has 190 valence electrons. The van der Waals surface area contributed by atoms with Crippen molar-refractivity contribution < 1.29 is 22.0 Å². The highest BCUT2D eigenvalue weighted by atomic mass is 35.5. The molecule has 0 saturated heterocycles. The van der Waals surface area contributed by atoms with Gasteiger partial charge in [-0.3, -0.25) is 4.57 Å². The van der Waals surface area contributed by atoms with E-state index in [4.69, 9.17) is 23.2 Å². The molecule has 3 heterocycles. The van der Waals surface area contributed by atoms with Gasteiger partial charge in [0.25, 0.3) is 0 Å². The molecular formula is C21H16Cl2F5N7O. The summed E-state index contributed by atoms with van der Waals surface area (Å²) >= 11 is 12.0. The first kappa shape index (κ1) is 25.8. The van der Waals surface area contributed by atoms with Crippen LogP contribution in [0.25, 0.3) is 17.2 Å². The van der Waals surface area contributed by atoms with Crippen molar-refractivity contribution in [2.45, 2.75) is 38.5 Å². The SMILES string of the molecule is CC(F)(F)c1nc(Cn2nc(-c3ccc(Cl)cc3)n(CCC(F)(F)F)c2=O)nn1-c1ncccc1Cl. The van der Waals surface area contributed by atoms with Crippen molar-refractivity contribution in [1.82, 2.24) is 34.1 Å². The van der Waals surface area contributed by atoms with E-state index in [1.165, 1.54) is 42.6 Å². The first-order valence-corrected chi connectivity index (χ1v) is 11.0. The predicted octanol–water partition coefficient (Wildman–Crippen LogP) is 5.11. The van der Waals surface area contributed by atoms with Crippen molar-refractivity contribution in [3.8, 4) is 17.2 Å². The molecule has 0 spiro atoms. The lowest BCUT2D eigenvalue weighted by atomic mass is 10.2. The summed E-state index contributed by atoms with van der Waals surface area (Å²) in [5, 5.41) is 8.56. The van der Waals surface area contributed by atoms with Crippen LogP contribution in [0.3, 0.4) is 0 Å². The predicted molar refractivity (Wildman–Crippen MR) is 120 cm³/mol. The molecular weight excluding hydrogens is 532 g/mol. The molecule has 15 heteroatoms. The molecule has 0 saturated carbocycles. The van der Waals surface area contributed by atoms with Gasteiger partial charge in [0.15, 0.2) is 17.5 Å². The van der Waals surface area contributed by atoms with Crippen LogP contribution < -0.4 is 5.69 Å². The zero-order valence-corrected chi connectivity index (χ0v) is 19.9. The topological polar surface area (TPSA) is 83.4 Å². The van der Waals surface area contributed by atoms with E-state index in [2.05, 4.69) is 20.2 Å². The first-order chi connectivity index (χ1) is 16.8. The normalized spacial score (nSPS) is 12.3. The van der Waals surface area contributed by atoms with E-state index in [0.717, 1.165) is 13.9 Å². The van der Waals surface area contributed by atoms with Crippen molar-refractivity contribution >= 4 is 23.2 Å². The fraction of sp³-hybridized carbons (Fsp3) is 0.286. The lowest BCUT2D eigenvalue weighted by Gasteiger charge is -2.11. The van der Waals surface area contributed by atoms with Crippen LogP contribution in [0.5, 0.6) is 0 Å². The molecule has 8 nitrogen and oxygen atoms in total. The van der Waals surface area contributed by atoms with E-state index in [1.807, 2.05) is 0 Å². The summed E-state index contributed by atoms with van der Waals surface area (Å²) in [4.78, 5) is 20.8. The van der Waals surface area contributed by atoms with Gasteiger partial charge < -0.3 is 0 Å². The van der Waals surface area contributed by atoms with Crippen molar-refractivity contribution in [3.05, 3.63) is 74.8 Å². The highest BCUT2D eigenvalue weighted by Crippen LogP contribution is 2.29. The average Bonchev–Trinajstić information content (AvgIpc) is 3.34. The van der Waals surface area contributed by atoms with Crippen LogP contribution in [0, 0.1) is 0 Å². The number of hydrogen-bond donors (Lipinski definition) is 0. The van der Waals surface area contributed by atoms with Crippen LogP contribution in [0.1, 0.15) is 25.0 Å². The molecule has 1 aromatic carbocycles. The second-order valence-electron chi connectivity index (χ2n) is 7.75. The quantitative estimate of drug-likeness (QED) is 0.300. The number of pyridine rings is 1. The maximum absolute atomic E-state index is 14.3. The van der Waals surface area contributed by atoms with Crippen LogP contribution in [-0.4, -0.2) is 40.3 Å². The third-order valence-corrected chi connectivity index (χ3v) is 5.47. The molecule has 0 unspecified atom stereocenters. The maximum atomic E-state index is 14.3. The Kier molecular flexibility index (Phi) is 6.88. The third-order valence-electron chi connectivity index (χ3n) is 4.92. The van der Waals surface area contributed by atoms with Crippen molar-refractivity contribution in [2.24, 2.45) is 0 Å². The Morgan fingerprint density at radius 3 is 2.31 bits per heavy atom. The second-order valence-corrected chi connectivity index (χ2v) is 8.59. The van der Waals surface area contributed by atoms with Gasteiger partial charge in [-0.25, -0.2) is 19.4 Å². The number of halogens is 7. The number of hydrogen-bond acceptors (Lipinski definition) is 5. The molecule has 0 aliphatic carbocycles. The minimum absolute atomic E-state index is 0.0260. The molecule has 4 rings (SSSR count). The number of nitrogens with zero attached hydrogens (tertiary/aromatic N) is 7. The molecule has 0 amide bonds. The van der Waals surface area contributed by atoms with Gasteiger partial charge in [-0.1, -0.05) is 23.2 Å². The second kappa shape index (κ2) is 9.62. The molecule has 36 heavy (non-hydrogen) atoms. The molecule has 0 fully saturated rings. The van der Waals surface area contributed by atoms with E-state index in [-0.39, 0.29) is 22.5 Å². The average molecular weight is 548 g/mol.